The Bertz CT molecular complexity index is 854. The predicted molar refractivity (Wildman–Crippen MR) is 91.3 cm³/mol. The number of quaternary nitrogens is 1. The van der Waals surface area contributed by atoms with E-state index in [0.717, 1.165) is 0 Å². The van der Waals surface area contributed by atoms with E-state index in [1.807, 2.05) is 0 Å². The summed E-state index contributed by atoms with van der Waals surface area (Å²) in [6.45, 7) is -0.448. The van der Waals surface area contributed by atoms with Crippen molar-refractivity contribution in [2.75, 3.05) is 13.2 Å². The van der Waals surface area contributed by atoms with E-state index in [1.54, 1.807) is 0 Å². The average Bonchev–Trinajstić information content (AvgIpc) is 2.67. The number of nitro benzene ring substituents is 1. The highest BCUT2D eigenvalue weighted by Gasteiger charge is 2.58. The summed E-state index contributed by atoms with van der Waals surface area (Å²) in [5.74, 6) is -2.32. The number of nitrogens with one attached hydrogen (secondary N) is 1. The minimum absolute atomic E-state index is 0.135. The van der Waals surface area contributed by atoms with Gasteiger partial charge in [0.2, 0.25) is 15.2 Å². The molecule has 0 spiro atoms. The van der Waals surface area contributed by atoms with Crippen molar-refractivity contribution < 1.29 is 42.6 Å². The van der Waals surface area contributed by atoms with Crippen LogP contribution in [-0.4, -0.2) is 54.3 Å². The molecule has 1 saturated heterocycles. The molecule has 12 nitrogen and oxygen atoms in total. The lowest BCUT2D eigenvalue weighted by Gasteiger charge is -2.43. The lowest BCUT2D eigenvalue weighted by molar-refractivity contribution is -0.819. The van der Waals surface area contributed by atoms with E-state index in [-0.39, 0.29) is 12.3 Å². The first kappa shape index (κ1) is 21.7. The Morgan fingerprint density at radius 1 is 1.32 bits per heavy atom. The number of hydrogen-bond acceptors (Lipinski definition) is 10. The number of sulfone groups is 1. The number of aliphatic hydroxyl groups is 1. The number of hydrogen-bond donors (Lipinski definition) is 2. The summed E-state index contributed by atoms with van der Waals surface area (Å²) in [5.41, 5.74) is 0.304. The minimum Gasteiger partial charge on any atom is -0.626 e. The molecule has 4 atom stereocenters. The van der Waals surface area contributed by atoms with Gasteiger partial charge < -0.3 is 19.8 Å². The average molecular weight is 418 g/mol. The van der Waals surface area contributed by atoms with Crippen LogP contribution in [0.1, 0.15) is 12.5 Å². The zero-order valence-corrected chi connectivity index (χ0v) is 15.5. The lowest BCUT2D eigenvalue weighted by Crippen LogP contribution is -3.24. The van der Waals surface area contributed by atoms with E-state index in [4.69, 9.17) is 14.6 Å². The normalized spacial score (nSPS) is 22.8. The summed E-state index contributed by atoms with van der Waals surface area (Å²) >= 11 is 0. The fraction of sp³-hybridized carbons (Fsp3) is 0.467. The van der Waals surface area contributed by atoms with Crippen LogP contribution in [-0.2, 0) is 30.7 Å². The third-order valence-corrected chi connectivity index (χ3v) is 6.78. The topological polar surface area (TPSA) is 178 Å². The maximum atomic E-state index is 12.2. The van der Waals surface area contributed by atoms with Crippen molar-refractivity contribution in [3.05, 3.63) is 45.2 Å². The lowest BCUT2D eigenvalue weighted by atomic mass is 10.0. The predicted octanol–water partition coefficient (Wildman–Crippen LogP) is -1.09. The molecule has 1 heterocycles. The molecule has 1 amide bonds. The number of β-lactam (4-membered cyclic amide) rings is 1. The number of aliphatic hydroxyl groups excluding tert-OH is 1. The van der Waals surface area contributed by atoms with Crippen LogP contribution in [0.3, 0.4) is 0 Å². The van der Waals surface area contributed by atoms with Gasteiger partial charge in [0.15, 0.2) is 5.92 Å². The van der Waals surface area contributed by atoms with Crippen LogP contribution in [0.2, 0.25) is 0 Å². The molecule has 1 aliphatic heterocycles. The monoisotopic (exact) mass is 418 g/mol. The first-order chi connectivity index (χ1) is 13.1. The maximum Gasteiger partial charge on any atom is 0.508 e. The van der Waals surface area contributed by atoms with Crippen molar-refractivity contribution in [1.82, 2.24) is 0 Å². The Morgan fingerprint density at radius 2 is 1.93 bits per heavy atom. The number of hydroxylamine groups is 2. The first-order valence-electron chi connectivity index (χ1n) is 8.04. The summed E-state index contributed by atoms with van der Waals surface area (Å²) in [6.07, 6.45) is -1.20. The standard InChI is InChI=1S/C15H18N2O10S/c1-9(6-18)28(24,25)14-12(13(19)16(14)21)8-27-15(20)26-7-10-2-4-11(5-3-10)17(22)23/h2-5,9,12,14,16,18H,6-8H2,1H3/t9-,12?,14?/m1/s1. The molecule has 1 fully saturated rings. The second-order valence-electron chi connectivity index (χ2n) is 6.11. The molecule has 2 rings (SSSR count). The molecule has 0 aliphatic carbocycles. The molecule has 0 saturated carbocycles. The maximum absolute atomic E-state index is 12.2. The van der Waals surface area contributed by atoms with Crippen LogP contribution in [0.15, 0.2) is 24.3 Å². The molecular formula is C15H18N2O10S. The number of rotatable bonds is 8. The Balaban J connectivity index is 1.89. The number of benzene rings is 1. The van der Waals surface area contributed by atoms with Crippen LogP contribution in [0.5, 0.6) is 0 Å². The summed E-state index contributed by atoms with van der Waals surface area (Å²) in [4.78, 5) is 33.3. The van der Waals surface area contributed by atoms with Crippen LogP contribution in [0.25, 0.3) is 0 Å². The number of nitro groups is 1. The van der Waals surface area contributed by atoms with E-state index < -0.39 is 61.6 Å². The van der Waals surface area contributed by atoms with Gasteiger partial charge in [-0.25, -0.2) is 18.0 Å². The van der Waals surface area contributed by atoms with E-state index in [2.05, 4.69) is 0 Å². The molecule has 3 unspecified atom stereocenters. The first-order valence-corrected chi connectivity index (χ1v) is 9.65. The third-order valence-electron chi connectivity index (χ3n) is 4.26. The molecule has 13 heteroatoms. The quantitative estimate of drug-likeness (QED) is 0.173. The molecule has 154 valence electrons. The second-order valence-corrected chi connectivity index (χ2v) is 8.60. The third kappa shape index (κ3) is 4.44. The van der Waals surface area contributed by atoms with Crippen molar-refractivity contribution in [2.24, 2.45) is 5.92 Å². The van der Waals surface area contributed by atoms with E-state index in [9.17, 15) is 33.3 Å². The Morgan fingerprint density at radius 3 is 2.46 bits per heavy atom. The van der Waals surface area contributed by atoms with Crippen molar-refractivity contribution in [1.29, 1.82) is 0 Å². The van der Waals surface area contributed by atoms with Gasteiger partial charge in [-0.2, -0.15) is 0 Å². The van der Waals surface area contributed by atoms with Gasteiger partial charge in [-0.1, -0.05) is 0 Å². The summed E-state index contributed by atoms with van der Waals surface area (Å²) in [6, 6.07) is 5.19. The van der Waals surface area contributed by atoms with Crippen LogP contribution >= 0.6 is 0 Å². The van der Waals surface area contributed by atoms with Crippen molar-refractivity contribution in [2.45, 2.75) is 24.2 Å². The molecule has 1 aromatic rings. The van der Waals surface area contributed by atoms with Gasteiger partial charge in [-0.15, -0.1) is 0 Å². The van der Waals surface area contributed by atoms with Gasteiger partial charge in [-0.05, 0) is 24.6 Å². The van der Waals surface area contributed by atoms with Gasteiger partial charge in [0.05, 0.1) is 16.8 Å². The molecular weight excluding hydrogens is 400 g/mol. The van der Waals surface area contributed by atoms with E-state index in [0.29, 0.717) is 5.56 Å². The molecule has 0 bridgehead atoms. The van der Waals surface area contributed by atoms with Gasteiger partial charge in [-0.3, -0.25) is 15.2 Å². The van der Waals surface area contributed by atoms with Gasteiger partial charge in [0, 0.05) is 12.1 Å². The zero-order valence-electron chi connectivity index (χ0n) is 14.6. The largest absolute Gasteiger partial charge is 0.626 e. The van der Waals surface area contributed by atoms with Gasteiger partial charge >= 0.3 is 12.1 Å². The Labute approximate surface area is 159 Å². The van der Waals surface area contributed by atoms with Gasteiger partial charge in [0.25, 0.3) is 5.69 Å². The highest BCUT2D eigenvalue weighted by molar-refractivity contribution is 7.92. The smallest absolute Gasteiger partial charge is 0.508 e. The summed E-state index contributed by atoms with van der Waals surface area (Å²) in [5, 5.41) is 27.2. The zero-order chi connectivity index (χ0) is 21.1. The van der Waals surface area contributed by atoms with E-state index in [1.165, 1.54) is 31.2 Å². The SMILES string of the molecule is C[C@H](CO)S(=O)(=O)C1C(COC(=O)OCc2ccc([N+](=O)[O-])cc2)C(=O)[NH+]1[O-]. The second kappa shape index (κ2) is 8.60. The van der Waals surface area contributed by atoms with Gasteiger partial charge in [0.1, 0.15) is 13.2 Å². The molecule has 1 aliphatic rings. The van der Waals surface area contributed by atoms with Crippen LogP contribution in [0.4, 0.5) is 10.5 Å². The van der Waals surface area contributed by atoms with Crippen LogP contribution in [0, 0.1) is 21.2 Å². The minimum atomic E-state index is -4.11. The Hall–Kier alpha value is -2.61. The fourth-order valence-electron chi connectivity index (χ4n) is 2.50. The van der Waals surface area contributed by atoms with E-state index >= 15 is 0 Å². The molecule has 28 heavy (non-hydrogen) atoms. The number of amides is 1. The Kier molecular flexibility index (Phi) is 6.66. The van der Waals surface area contributed by atoms with Crippen LogP contribution < -0.4 is 5.06 Å². The molecule has 0 aromatic heterocycles. The highest BCUT2D eigenvalue weighted by Crippen LogP contribution is 2.20. The number of carbonyl (C=O) groups is 2. The molecule has 0 radical (unpaired) electrons. The van der Waals surface area contributed by atoms with Crippen molar-refractivity contribution in [3.63, 3.8) is 0 Å². The number of ether oxygens (including phenoxy) is 2. The number of nitrogens with zero attached hydrogens (tertiary/aromatic N) is 1. The van der Waals surface area contributed by atoms with Crippen molar-refractivity contribution in [3.8, 4) is 0 Å². The fourth-order valence-corrected chi connectivity index (χ4v) is 4.28. The molecule has 2 N–H and O–H groups in total. The molecule has 1 aromatic carbocycles. The van der Waals surface area contributed by atoms with Crippen molar-refractivity contribution >= 4 is 27.6 Å². The highest BCUT2D eigenvalue weighted by atomic mass is 32.2. The summed E-state index contributed by atoms with van der Waals surface area (Å²) < 4.78 is 33.9. The number of non-ortho nitro benzene ring substituents is 1. The number of carbonyl (C=O) groups excluding carboxylic acids is 2. The summed E-state index contributed by atoms with van der Waals surface area (Å²) in [7, 11) is -4.11.